The zero-order valence-corrected chi connectivity index (χ0v) is 15.1. The van der Waals surface area contributed by atoms with Crippen LogP contribution in [0.25, 0.3) is 0 Å². The zero-order chi connectivity index (χ0) is 16.5. The highest BCUT2D eigenvalue weighted by atomic mass is 16.5. The Labute approximate surface area is 134 Å². The lowest BCUT2D eigenvalue weighted by Gasteiger charge is -2.30. The molecule has 0 bridgehead atoms. The van der Waals surface area contributed by atoms with Gasteiger partial charge in [-0.25, -0.2) is 0 Å². The maximum absolute atomic E-state index is 9.80. The van der Waals surface area contributed by atoms with E-state index in [0.717, 1.165) is 38.3 Å². The first-order chi connectivity index (χ1) is 10.1. The number of nitrogens with zero attached hydrogens (tertiary/aromatic N) is 2. The molecule has 0 unspecified atom stereocenters. The molecule has 0 atom stereocenters. The van der Waals surface area contributed by atoms with Crippen molar-refractivity contribution in [3.8, 4) is 0 Å². The van der Waals surface area contributed by atoms with E-state index in [1.54, 1.807) is 0 Å². The van der Waals surface area contributed by atoms with Crippen molar-refractivity contribution in [1.29, 1.82) is 0 Å². The first-order valence-corrected chi connectivity index (χ1v) is 8.44. The van der Waals surface area contributed by atoms with Gasteiger partial charge in [-0.15, -0.1) is 0 Å². The zero-order valence-electron chi connectivity index (χ0n) is 15.1. The fourth-order valence-corrected chi connectivity index (χ4v) is 3.48. The van der Waals surface area contributed by atoms with Crippen LogP contribution in [-0.4, -0.2) is 28.1 Å². The number of ether oxygens (including phenoxy) is 1. The molecule has 1 saturated heterocycles. The van der Waals surface area contributed by atoms with E-state index in [4.69, 9.17) is 9.84 Å². The average molecular weight is 308 g/mol. The van der Waals surface area contributed by atoms with Crippen LogP contribution in [0.4, 0.5) is 0 Å². The lowest BCUT2D eigenvalue weighted by atomic mass is 9.78. The van der Waals surface area contributed by atoms with Gasteiger partial charge < -0.3 is 9.84 Å². The van der Waals surface area contributed by atoms with Crippen molar-refractivity contribution in [3.63, 3.8) is 0 Å². The molecular weight excluding hydrogens is 276 g/mol. The lowest BCUT2D eigenvalue weighted by Crippen LogP contribution is -2.28. The molecule has 1 aromatic rings. The molecule has 22 heavy (non-hydrogen) atoms. The molecule has 2 heterocycles. The van der Waals surface area contributed by atoms with Crippen molar-refractivity contribution < 1.29 is 9.84 Å². The summed E-state index contributed by atoms with van der Waals surface area (Å²) in [6, 6.07) is 0. The maximum atomic E-state index is 9.80. The second-order valence-electron chi connectivity index (χ2n) is 8.57. The largest absolute Gasteiger partial charge is 0.390 e. The highest BCUT2D eigenvalue weighted by Crippen LogP contribution is 2.37. The van der Waals surface area contributed by atoms with Gasteiger partial charge in [-0.05, 0) is 24.2 Å². The standard InChI is InChI=1S/C18H32N2O2/c1-17(2,3)15-14(12-21)19-20(16(15)18(4,5)6)11-13-7-9-22-10-8-13/h13,21H,7-12H2,1-6H3. The quantitative estimate of drug-likeness (QED) is 0.931. The second kappa shape index (κ2) is 6.32. The first-order valence-electron chi connectivity index (χ1n) is 8.44. The van der Waals surface area contributed by atoms with E-state index in [-0.39, 0.29) is 17.4 Å². The van der Waals surface area contributed by atoms with Gasteiger partial charge in [-0.3, -0.25) is 4.68 Å². The Morgan fingerprint density at radius 3 is 2.14 bits per heavy atom. The molecular formula is C18H32N2O2. The van der Waals surface area contributed by atoms with Crippen LogP contribution in [0.15, 0.2) is 0 Å². The van der Waals surface area contributed by atoms with Crippen molar-refractivity contribution in [2.45, 2.75) is 78.4 Å². The lowest BCUT2D eigenvalue weighted by molar-refractivity contribution is 0.0595. The summed E-state index contributed by atoms with van der Waals surface area (Å²) in [6.45, 7) is 16.0. The second-order valence-corrected chi connectivity index (χ2v) is 8.57. The highest BCUT2D eigenvalue weighted by Gasteiger charge is 2.33. The summed E-state index contributed by atoms with van der Waals surface area (Å²) in [4.78, 5) is 0. The number of aliphatic hydroxyl groups is 1. The first kappa shape index (κ1) is 17.5. The summed E-state index contributed by atoms with van der Waals surface area (Å²) in [5.41, 5.74) is 3.32. The molecule has 1 aromatic heterocycles. The molecule has 1 aliphatic rings. The van der Waals surface area contributed by atoms with Crippen LogP contribution in [-0.2, 0) is 28.7 Å². The number of rotatable bonds is 3. The molecule has 126 valence electrons. The van der Waals surface area contributed by atoms with E-state index in [9.17, 15) is 5.11 Å². The summed E-state index contributed by atoms with van der Waals surface area (Å²) in [6.07, 6.45) is 2.20. The van der Waals surface area contributed by atoms with Crippen molar-refractivity contribution in [1.82, 2.24) is 9.78 Å². The minimum Gasteiger partial charge on any atom is -0.390 e. The minimum atomic E-state index is -0.0192. The van der Waals surface area contributed by atoms with Gasteiger partial charge in [0.1, 0.15) is 0 Å². The van der Waals surface area contributed by atoms with Crippen molar-refractivity contribution in [2.75, 3.05) is 13.2 Å². The molecule has 0 saturated carbocycles. The van der Waals surface area contributed by atoms with E-state index in [1.165, 1.54) is 11.3 Å². The van der Waals surface area contributed by atoms with Gasteiger partial charge in [0.15, 0.2) is 0 Å². The Morgan fingerprint density at radius 1 is 1.09 bits per heavy atom. The number of aliphatic hydroxyl groups excluding tert-OH is 1. The molecule has 0 spiro atoms. The maximum Gasteiger partial charge on any atom is 0.0919 e. The van der Waals surface area contributed by atoms with Crippen LogP contribution in [0.3, 0.4) is 0 Å². The van der Waals surface area contributed by atoms with E-state index < -0.39 is 0 Å². The van der Waals surface area contributed by atoms with Crippen molar-refractivity contribution in [3.05, 3.63) is 17.0 Å². The molecule has 1 N–H and O–H groups in total. The molecule has 0 aliphatic carbocycles. The summed E-state index contributed by atoms with van der Waals surface area (Å²) in [7, 11) is 0. The van der Waals surface area contributed by atoms with Gasteiger partial charge in [0.05, 0.1) is 12.3 Å². The third-order valence-electron chi connectivity index (χ3n) is 4.41. The Hall–Kier alpha value is -0.870. The molecule has 0 amide bonds. The SMILES string of the molecule is CC(C)(C)c1c(CO)nn(CC2CCOCC2)c1C(C)(C)C. The topological polar surface area (TPSA) is 47.3 Å². The van der Waals surface area contributed by atoms with Crippen molar-refractivity contribution in [2.24, 2.45) is 5.92 Å². The van der Waals surface area contributed by atoms with Crippen LogP contribution >= 0.6 is 0 Å². The number of aromatic nitrogens is 2. The number of hydrogen-bond donors (Lipinski definition) is 1. The average Bonchev–Trinajstić information content (AvgIpc) is 2.78. The van der Waals surface area contributed by atoms with E-state index in [0.29, 0.717) is 5.92 Å². The molecule has 0 radical (unpaired) electrons. The Kier molecular flexibility index (Phi) is 5.03. The van der Waals surface area contributed by atoms with E-state index in [2.05, 4.69) is 46.2 Å². The summed E-state index contributed by atoms with van der Waals surface area (Å²) >= 11 is 0. The van der Waals surface area contributed by atoms with E-state index in [1.807, 2.05) is 0 Å². The van der Waals surface area contributed by atoms with Gasteiger partial charge in [-0.1, -0.05) is 41.5 Å². The third-order valence-corrected chi connectivity index (χ3v) is 4.41. The predicted molar refractivity (Wildman–Crippen MR) is 89.1 cm³/mol. The van der Waals surface area contributed by atoms with Crippen LogP contribution in [0, 0.1) is 5.92 Å². The van der Waals surface area contributed by atoms with Gasteiger partial charge in [0.2, 0.25) is 0 Å². The van der Waals surface area contributed by atoms with Crippen LogP contribution in [0.5, 0.6) is 0 Å². The van der Waals surface area contributed by atoms with Crippen LogP contribution < -0.4 is 0 Å². The van der Waals surface area contributed by atoms with Gasteiger partial charge in [-0.2, -0.15) is 5.10 Å². The molecule has 4 nitrogen and oxygen atoms in total. The molecule has 2 rings (SSSR count). The summed E-state index contributed by atoms with van der Waals surface area (Å²) in [5, 5.41) is 14.6. The van der Waals surface area contributed by atoms with E-state index >= 15 is 0 Å². The van der Waals surface area contributed by atoms with Crippen LogP contribution in [0.1, 0.15) is 71.3 Å². The molecule has 1 fully saturated rings. The third kappa shape index (κ3) is 3.72. The molecule has 1 aliphatic heterocycles. The molecule has 4 heteroatoms. The fourth-order valence-electron chi connectivity index (χ4n) is 3.48. The Morgan fingerprint density at radius 2 is 1.68 bits per heavy atom. The fraction of sp³-hybridized carbons (Fsp3) is 0.833. The van der Waals surface area contributed by atoms with Crippen molar-refractivity contribution >= 4 is 0 Å². The normalized spacial score (nSPS) is 18.0. The van der Waals surface area contributed by atoms with Gasteiger partial charge >= 0.3 is 0 Å². The smallest absolute Gasteiger partial charge is 0.0919 e. The Balaban J connectivity index is 2.46. The highest BCUT2D eigenvalue weighted by molar-refractivity contribution is 5.37. The summed E-state index contributed by atoms with van der Waals surface area (Å²) < 4.78 is 7.64. The van der Waals surface area contributed by atoms with Gasteiger partial charge in [0, 0.05) is 36.4 Å². The monoisotopic (exact) mass is 308 g/mol. The van der Waals surface area contributed by atoms with Crippen LogP contribution in [0.2, 0.25) is 0 Å². The summed E-state index contributed by atoms with van der Waals surface area (Å²) in [5.74, 6) is 0.620. The molecule has 0 aromatic carbocycles. The van der Waals surface area contributed by atoms with Gasteiger partial charge in [0.25, 0.3) is 0 Å². The Bertz CT molecular complexity index is 500. The number of hydrogen-bond acceptors (Lipinski definition) is 3. The minimum absolute atomic E-state index is 0.00814. The predicted octanol–water partition coefficient (Wildman–Crippen LogP) is 3.40.